The molecule has 1 aliphatic rings. The maximum Gasteiger partial charge on any atom is 0.293 e. The van der Waals surface area contributed by atoms with Gasteiger partial charge < -0.3 is 9.53 Å². The normalized spacial score (nSPS) is 16.4. The first-order chi connectivity index (χ1) is 10.2. The van der Waals surface area contributed by atoms with E-state index in [0.717, 1.165) is 16.7 Å². The summed E-state index contributed by atoms with van der Waals surface area (Å²) < 4.78 is 5.11. The van der Waals surface area contributed by atoms with Crippen LogP contribution >= 0.6 is 11.8 Å². The van der Waals surface area contributed by atoms with Gasteiger partial charge in [-0.1, -0.05) is 12.1 Å². The van der Waals surface area contributed by atoms with E-state index in [-0.39, 0.29) is 18.1 Å². The maximum absolute atomic E-state index is 11.9. The number of benzene rings is 1. The lowest BCUT2D eigenvalue weighted by Gasteiger charge is -2.06. The molecule has 7 heteroatoms. The zero-order valence-corrected chi connectivity index (χ0v) is 11.7. The summed E-state index contributed by atoms with van der Waals surface area (Å²) in [6, 6.07) is 6.72. The summed E-state index contributed by atoms with van der Waals surface area (Å²) in [5, 5.41) is -0.454. The van der Waals surface area contributed by atoms with Crippen LogP contribution < -0.4 is 4.74 Å². The molecule has 2 rings (SSSR count). The molecule has 1 aliphatic heterocycles. The summed E-state index contributed by atoms with van der Waals surface area (Å²) in [6.07, 6.45) is 2.73. The molecule has 0 aliphatic carbocycles. The summed E-state index contributed by atoms with van der Waals surface area (Å²) in [7, 11) is 0. The van der Waals surface area contributed by atoms with E-state index in [1.54, 1.807) is 30.3 Å². The van der Waals surface area contributed by atoms with Crippen molar-refractivity contribution in [3.05, 3.63) is 34.7 Å². The maximum atomic E-state index is 11.9. The Balaban J connectivity index is 2.13. The van der Waals surface area contributed by atoms with Gasteiger partial charge in [0.25, 0.3) is 11.1 Å². The summed E-state index contributed by atoms with van der Waals surface area (Å²) in [5.74, 6) is 0.0618. The molecule has 0 saturated carbocycles. The number of rotatable bonds is 6. The fourth-order valence-corrected chi connectivity index (χ4v) is 2.52. The average Bonchev–Trinajstić information content (AvgIpc) is 2.75. The minimum absolute atomic E-state index is 0.0239. The quantitative estimate of drug-likeness (QED) is 0.585. The number of hydrogen-bond acceptors (Lipinski definition) is 6. The largest absolute Gasteiger partial charge is 0.486 e. The van der Waals surface area contributed by atoms with E-state index >= 15 is 0 Å². The first kappa shape index (κ1) is 15.0. The van der Waals surface area contributed by atoms with Crippen LogP contribution in [-0.4, -0.2) is 41.8 Å². The fourth-order valence-electron chi connectivity index (χ4n) is 1.67. The van der Waals surface area contributed by atoms with Crippen LogP contribution in [0.4, 0.5) is 4.79 Å². The zero-order valence-electron chi connectivity index (χ0n) is 10.9. The van der Waals surface area contributed by atoms with Crippen LogP contribution in [0.3, 0.4) is 0 Å². The number of amides is 2. The Hall–Kier alpha value is -2.41. The molecular formula is C14H11NO5S. The number of aldehydes is 2. The van der Waals surface area contributed by atoms with Gasteiger partial charge in [-0.2, -0.15) is 0 Å². The second kappa shape index (κ2) is 6.85. The number of ether oxygens (including phenoxy) is 1. The Kier molecular flexibility index (Phi) is 4.89. The Bertz CT molecular complexity index is 608. The molecule has 1 aromatic carbocycles. The van der Waals surface area contributed by atoms with Gasteiger partial charge in [0.05, 0.1) is 11.4 Å². The van der Waals surface area contributed by atoms with E-state index in [1.807, 2.05) is 0 Å². The second-order valence-electron chi connectivity index (χ2n) is 4.01. The topological polar surface area (TPSA) is 80.8 Å². The third-order valence-corrected chi connectivity index (χ3v) is 3.53. The lowest BCUT2D eigenvalue weighted by molar-refractivity contribution is -0.125. The Morgan fingerprint density at radius 2 is 1.81 bits per heavy atom. The molecule has 0 N–H and O–H groups in total. The van der Waals surface area contributed by atoms with E-state index in [2.05, 4.69) is 0 Å². The molecule has 0 bridgehead atoms. The van der Waals surface area contributed by atoms with Gasteiger partial charge in [0.15, 0.2) is 6.29 Å². The Morgan fingerprint density at radius 1 is 1.10 bits per heavy atom. The highest BCUT2D eigenvalue weighted by Crippen LogP contribution is 2.31. The van der Waals surface area contributed by atoms with Gasteiger partial charge in [-0.05, 0) is 35.5 Å². The smallest absolute Gasteiger partial charge is 0.293 e. The first-order valence-corrected chi connectivity index (χ1v) is 6.83. The first-order valence-electron chi connectivity index (χ1n) is 6.01. The molecule has 2 amide bonds. The Labute approximate surface area is 124 Å². The highest BCUT2D eigenvalue weighted by atomic mass is 32.2. The molecule has 0 radical (unpaired) electrons. The molecule has 0 aromatic heterocycles. The Morgan fingerprint density at radius 3 is 2.43 bits per heavy atom. The molecule has 1 fully saturated rings. The van der Waals surface area contributed by atoms with Crippen molar-refractivity contribution in [2.45, 2.75) is 0 Å². The third-order valence-electron chi connectivity index (χ3n) is 2.63. The van der Waals surface area contributed by atoms with Gasteiger partial charge in [0, 0.05) is 0 Å². The van der Waals surface area contributed by atoms with Crippen LogP contribution in [0, 0.1) is 0 Å². The van der Waals surface area contributed by atoms with E-state index in [9.17, 15) is 19.2 Å². The van der Waals surface area contributed by atoms with E-state index in [0.29, 0.717) is 23.9 Å². The molecule has 1 aromatic rings. The van der Waals surface area contributed by atoms with Gasteiger partial charge in [0.1, 0.15) is 18.6 Å². The van der Waals surface area contributed by atoms with Crippen molar-refractivity contribution in [1.29, 1.82) is 0 Å². The van der Waals surface area contributed by atoms with Crippen LogP contribution in [0.15, 0.2) is 29.2 Å². The SMILES string of the molecule is O=CCOc1ccc(/C=C2\SC(=O)N(CC=O)C2=O)cc1. The van der Waals surface area contributed by atoms with Crippen LogP contribution in [-0.2, 0) is 14.4 Å². The minimum atomic E-state index is -0.474. The molecule has 1 heterocycles. The number of imide groups is 1. The predicted molar refractivity (Wildman–Crippen MR) is 76.7 cm³/mol. The van der Waals surface area contributed by atoms with E-state index in [1.165, 1.54) is 0 Å². The molecule has 0 atom stereocenters. The van der Waals surface area contributed by atoms with Crippen LogP contribution in [0.25, 0.3) is 6.08 Å². The minimum Gasteiger partial charge on any atom is -0.486 e. The monoisotopic (exact) mass is 305 g/mol. The van der Waals surface area contributed by atoms with Gasteiger partial charge in [-0.15, -0.1) is 0 Å². The van der Waals surface area contributed by atoms with E-state index < -0.39 is 11.1 Å². The van der Waals surface area contributed by atoms with Crippen molar-refractivity contribution in [3.8, 4) is 5.75 Å². The number of nitrogens with zero attached hydrogens (tertiary/aromatic N) is 1. The number of hydrogen-bond donors (Lipinski definition) is 0. The summed E-state index contributed by atoms with van der Waals surface area (Å²) in [6.45, 7) is -0.260. The average molecular weight is 305 g/mol. The third kappa shape index (κ3) is 3.57. The van der Waals surface area contributed by atoms with Crippen molar-refractivity contribution in [1.82, 2.24) is 4.90 Å². The lowest BCUT2D eigenvalue weighted by Crippen LogP contribution is -2.29. The molecule has 0 spiro atoms. The summed E-state index contributed by atoms with van der Waals surface area (Å²) >= 11 is 0.797. The highest BCUT2D eigenvalue weighted by molar-refractivity contribution is 8.18. The lowest BCUT2D eigenvalue weighted by atomic mass is 10.2. The van der Waals surface area contributed by atoms with Crippen molar-refractivity contribution in [3.63, 3.8) is 0 Å². The number of carbonyl (C=O) groups is 4. The van der Waals surface area contributed by atoms with Crippen LogP contribution in [0.2, 0.25) is 0 Å². The summed E-state index contributed by atoms with van der Waals surface area (Å²) in [4.78, 5) is 45.3. The molecule has 1 saturated heterocycles. The molecular weight excluding hydrogens is 294 g/mol. The second-order valence-corrected chi connectivity index (χ2v) is 5.00. The van der Waals surface area contributed by atoms with Crippen molar-refractivity contribution in [2.75, 3.05) is 13.2 Å². The predicted octanol–water partition coefficient (Wildman–Crippen LogP) is 1.50. The van der Waals surface area contributed by atoms with Crippen molar-refractivity contribution in [2.24, 2.45) is 0 Å². The van der Waals surface area contributed by atoms with Crippen LogP contribution in [0.1, 0.15) is 5.56 Å². The van der Waals surface area contributed by atoms with E-state index in [4.69, 9.17) is 4.74 Å². The number of carbonyl (C=O) groups excluding carboxylic acids is 4. The molecule has 0 unspecified atom stereocenters. The highest BCUT2D eigenvalue weighted by Gasteiger charge is 2.34. The standard InChI is InChI=1S/C14H11NO5S/c16-6-5-15-13(18)12(21-14(15)19)9-10-1-3-11(4-2-10)20-8-7-17/h1-4,6-7,9H,5,8H2/b12-9-. The van der Waals surface area contributed by atoms with Gasteiger partial charge in [-0.25, -0.2) is 0 Å². The van der Waals surface area contributed by atoms with Gasteiger partial charge in [0.2, 0.25) is 0 Å². The van der Waals surface area contributed by atoms with Crippen molar-refractivity contribution < 1.29 is 23.9 Å². The molecule has 21 heavy (non-hydrogen) atoms. The fraction of sp³-hybridized carbons (Fsp3) is 0.143. The van der Waals surface area contributed by atoms with Gasteiger partial charge in [-0.3, -0.25) is 19.3 Å². The number of thioether (sulfide) groups is 1. The van der Waals surface area contributed by atoms with Crippen molar-refractivity contribution >= 4 is 41.6 Å². The summed E-state index contributed by atoms with van der Waals surface area (Å²) in [5.41, 5.74) is 0.713. The van der Waals surface area contributed by atoms with Crippen LogP contribution in [0.5, 0.6) is 5.75 Å². The molecule has 6 nitrogen and oxygen atoms in total. The van der Waals surface area contributed by atoms with Gasteiger partial charge >= 0.3 is 0 Å². The zero-order chi connectivity index (χ0) is 15.2. The molecule has 108 valence electrons.